The molecule has 35 heavy (non-hydrogen) atoms. The van der Waals surface area contributed by atoms with Gasteiger partial charge >= 0.3 is 0 Å². The molecule has 1 atom stereocenters. The molecule has 0 spiro atoms. The van der Waals surface area contributed by atoms with Crippen LogP contribution in [-0.2, 0) is 21.9 Å². The molecular formula is C27H34Cl2N2O3S. The number of carbonyl (C=O) groups excluding carboxylic acids is 2. The van der Waals surface area contributed by atoms with E-state index >= 15 is 0 Å². The summed E-state index contributed by atoms with van der Waals surface area (Å²) in [6, 6.07) is 12.8. The summed E-state index contributed by atoms with van der Waals surface area (Å²) in [5, 5.41) is 4.23. The molecule has 5 nitrogen and oxygen atoms in total. The maximum atomic E-state index is 13.4. The van der Waals surface area contributed by atoms with Crippen LogP contribution in [0.1, 0.15) is 56.6 Å². The minimum atomic E-state index is -0.517. The lowest BCUT2D eigenvalue weighted by Crippen LogP contribution is -2.52. The van der Waals surface area contributed by atoms with Gasteiger partial charge in [0.05, 0.1) is 22.9 Å². The third-order valence-corrected chi connectivity index (χ3v) is 8.06. The summed E-state index contributed by atoms with van der Waals surface area (Å²) < 4.78 is 5.26. The third-order valence-electron chi connectivity index (χ3n) is 6.33. The molecule has 1 saturated carbocycles. The summed E-state index contributed by atoms with van der Waals surface area (Å²) in [6.45, 7) is 2.33. The smallest absolute Gasteiger partial charge is 0.243 e. The van der Waals surface area contributed by atoms with Gasteiger partial charge in [0, 0.05) is 18.3 Å². The summed E-state index contributed by atoms with van der Waals surface area (Å²) in [7, 11) is 1.62. The number of amides is 2. The fourth-order valence-electron chi connectivity index (χ4n) is 4.36. The van der Waals surface area contributed by atoms with Crippen LogP contribution in [0.4, 0.5) is 0 Å². The molecule has 1 aliphatic rings. The normalized spacial score (nSPS) is 14.9. The van der Waals surface area contributed by atoms with Gasteiger partial charge in [0.25, 0.3) is 0 Å². The first-order chi connectivity index (χ1) is 16.9. The second kappa shape index (κ2) is 14.0. The fraction of sp³-hybridized carbons (Fsp3) is 0.481. The summed E-state index contributed by atoms with van der Waals surface area (Å²) in [5.74, 6) is 1.53. The van der Waals surface area contributed by atoms with Crippen molar-refractivity contribution in [3.05, 3.63) is 63.6 Å². The SMILES string of the molecule is CCC(C(=O)NC1CCCCC1)N(Cc1ccc(OC)cc1)C(=O)CSCc1ccc(Cl)c(Cl)c1. The average molecular weight is 538 g/mol. The van der Waals surface area contributed by atoms with Crippen LogP contribution in [0.5, 0.6) is 5.75 Å². The first-order valence-electron chi connectivity index (χ1n) is 12.2. The lowest BCUT2D eigenvalue weighted by atomic mass is 9.95. The van der Waals surface area contributed by atoms with Gasteiger partial charge in [-0.1, -0.05) is 67.6 Å². The monoisotopic (exact) mass is 536 g/mol. The van der Waals surface area contributed by atoms with Gasteiger partial charge in [0.1, 0.15) is 11.8 Å². The minimum Gasteiger partial charge on any atom is -0.497 e. The maximum absolute atomic E-state index is 13.4. The van der Waals surface area contributed by atoms with Crippen molar-refractivity contribution in [1.29, 1.82) is 0 Å². The zero-order valence-electron chi connectivity index (χ0n) is 20.4. The molecule has 2 aromatic rings. The van der Waals surface area contributed by atoms with Crippen LogP contribution in [0.15, 0.2) is 42.5 Å². The van der Waals surface area contributed by atoms with Crippen LogP contribution in [0.2, 0.25) is 10.0 Å². The number of ether oxygens (including phenoxy) is 1. The highest BCUT2D eigenvalue weighted by atomic mass is 35.5. The van der Waals surface area contributed by atoms with E-state index < -0.39 is 6.04 Å². The standard InChI is InChI=1S/C27H34Cl2N2O3S/c1-3-25(27(33)30-21-7-5-4-6-8-21)31(16-19-9-12-22(34-2)13-10-19)26(32)18-35-17-20-11-14-23(28)24(29)15-20/h9-15,21,25H,3-8,16-18H2,1-2H3,(H,30,33). The highest BCUT2D eigenvalue weighted by Gasteiger charge is 2.30. The highest BCUT2D eigenvalue weighted by Crippen LogP contribution is 2.25. The highest BCUT2D eigenvalue weighted by molar-refractivity contribution is 7.99. The molecule has 2 aromatic carbocycles. The van der Waals surface area contributed by atoms with Crippen LogP contribution in [0.25, 0.3) is 0 Å². The second-order valence-electron chi connectivity index (χ2n) is 8.88. The number of nitrogens with zero attached hydrogens (tertiary/aromatic N) is 1. The molecule has 0 saturated heterocycles. The van der Waals surface area contributed by atoms with Crippen LogP contribution in [0, 0.1) is 0 Å². The molecule has 0 bridgehead atoms. The van der Waals surface area contributed by atoms with Crippen molar-refractivity contribution in [2.45, 2.75) is 69.8 Å². The number of methoxy groups -OCH3 is 1. The Kier molecular flexibility index (Phi) is 11.1. The number of benzene rings is 2. The molecule has 3 rings (SSSR count). The number of hydrogen-bond acceptors (Lipinski definition) is 4. The topological polar surface area (TPSA) is 58.6 Å². The molecule has 1 unspecified atom stereocenters. The molecule has 8 heteroatoms. The zero-order valence-corrected chi connectivity index (χ0v) is 22.7. The predicted molar refractivity (Wildman–Crippen MR) is 145 cm³/mol. The van der Waals surface area contributed by atoms with Gasteiger partial charge in [0.15, 0.2) is 0 Å². The number of nitrogens with one attached hydrogen (secondary N) is 1. The maximum Gasteiger partial charge on any atom is 0.243 e. The first-order valence-corrected chi connectivity index (χ1v) is 14.1. The van der Waals surface area contributed by atoms with E-state index in [2.05, 4.69) is 5.32 Å². The van der Waals surface area contributed by atoms with E-state index in [0.29, 0.717) is 28.8 Å². The fourth-order valence-corrected chi connectivity index (χ4v) is 5.54. The largest absolute Gasteiger partial charge is 0.497 e. The Bertz CT molecular complexity index is 981. The van der Waals surface area contributed by atoms with Gasteiger partial charge < -0.3 is 15.0 Å². The van der Waals surface area contributed by atoms with Crippen molar-refractivity contribution >= 4 is 46.8 Å². The van der Waals surface area contributed by atoms with Crippen molar-refractivity contribution in [3.8, 4) is 5.75 Å². The summed E-state index contributed by atoms with van der Waals surface area (Å²) in [6.07, 6.45) is 6.07. The predicted octanol–water partition coefficient (Wildman–Crippen LogP) is 6.49. The molecule has 0 radical (unpaired) electrons. The van der Waals surface area contributed by atoms with Gasteiger partial charge in [-0.05, 0) is 54.7 Å². The van der Waals surface area contributed by atoms with Gasteiger partial charge in [-0.2, -0.15) is 0 Å². The number of thioether (sulfide) groups is 1. The zero-order chi connectivity index (χ0) is 25.2. The quantitative estimate of drug-likeness (QED) is 0.356. The van der Waals surface area contributed by atoms with Gasteiger partial charge in [-0.3, -0.25) is 9.59 Å². The van der Waals surface area contributed by atoms with Crippen LogP contribution < -0.4 is 10.1 Å². The van der Waals surface area contributed by atoms with E-state index in [-0.39, 0.29) is 23.6 Å². The lowest BCUT2D eigenvalue weighted by Gasteiger charge is -2.32. The Hall–Kier alpha value is -1.89. The number of rotatable bonds is 11. The van der Waals surface area contributed by atoms with Crippen molar-refractivity contribution in [2.75, 3.05) is 12.9 Å². The molecule has 2 amide bonds. The Labute approximate surface area is 222 Å². The van der Waals surface area contributed by atoms with E-state index in [4.69, 9.17) is 27.9 Å². The Balaban J connectivity index is 1.70. The van der Waals surface area contributed by atoms with Gasteiger partial charge in [-0.25, -0.2) is 0 Å². The summed E-state index contributed by atoms with van der Waals surface area (Å²) >= 11 is 13.6. The number of carbonyl (C=O) groups is 2. The summed E-state index contributed by atoms with van der Waals surface area (Å²) in [5.41, 5.74) is 1.96. The van der Waals surface area contributed by atoms with Crippen LogP contribution in [-0.4, -0.2) is 41.7 Å². The van der Waals surface area contributed by atoms with Crippen LogP contribution in [0.3, 0.4) is 0 Å². The van der Waals surface area contributed by atoms with E-state index in [9.17, 15) is 9.59 Å². The van der Waals surface area contributed by atoms with E-state index in [1.165, 1.54) is 18.2 Å². The molecule has 1 aliphatic carbocycles. The van der Waals surface area contributed by atoms with Crippen molar-refractivity contribution in [2.24, 2.45) is 0 Å². The van der Waals surface area contributed by atoms with Gasteiger partial charge in [0.2, 0.25) is 11.8 Å². The average Bonchev–Trinajstić information content (AvgIpc) is 2.87. The first kappa shape index (κ1) is 27.7. The van der Waals surface area contributed by atoms with E-state index in [1.54, 1.807) is 18.1 Å². The summed E-state index contributed by atoms with van der Waals surface area (Å²) in [4.78, 5) is 28.4. The molecular weight excluding hydrogens is 503 g/mol. The molecule has 0 aromatic heterocycles. The van der Waals surface area contributed by atoms with E-state index in [1.807, 2.05) is 43.3 Å². The van der Waals surface area contributed by atoms with Crippen LogP contribution >= 0.6 is 35.0 Å². The number of hydrogen-bond donors (Lipinski definition) is 1. The van der Waals surface area contributed by atoms with E-state index in [0.717, 1.165) is 42.6 Å². The van der Waals surface area contributed by atoms with Crippen molar-refractivity contribution in [3.63, 3.8) is 0 Å². The van der Waals surface area contributed by atoms with Crippen molar-refractivity contribution in [1.82, 2.24) is 10.2 Å². The molecule has 1 N–H and O–H groups in total. The molecule has 0 aliphatic heterocycles. The Morgan fingerprint density at radius 2 is 1.74 bits per heavy atom. The molecule has 0 heterocycles. The Morgan fingerprint density at radius 3 is 2.37 bits per heavy atom. The van der Waals surface area contributed by atoms with Gasteiger partial charge in [-0.15, -0.1) is 11.8 Å². The third kappa shape index (κ3) is 8.33. The second-order valence-corrected chi connectivity index (χ2v) is 10.7. The minimum absolute atomic E-state index is 0.0588. The Morgan fingerprint density at radius 1 is 1.06 bits per heavy atom. The molecule has 190 valence electrons. The lowest BCUT2D eigenvalue weighted by molar-refractivity contribution is -0.139. The number of halogens is 2. The van der Waals surface area contributed by atoms with Crippen molar-refractivity contribution < 1.29 is 14.3 Å². The molecule has 1 fully saturated rings.